The van der Waals surface area contributed by atoms with E-state index >= 15 is 0 Å². The number of hydrogen-bond acceptors (Lipinski definition) is 3. The van der Waals surface area contributed by atoms with E-state index < -0.39 is 0 Å². The molecule has 5 heteroatoms. The maximum Gasteiger partial charge on any atom is 0.0328 e. The molecule has 102 valence electrons. The lowest BCUT2D eigenvalue weighted by atomic mass is 9.78. The Hall–Kier alpha value is 0.390. The Bertz CT molecular complexity index is 390. The molecule has 3 rings (SSSR count). The van der Waals surface area contributed by atoms with Crippen molar-refractivity contribution in [3.05, 3.63) is 20.8 Å². The van der Waals surface area contributed by atoms with Crippen LogP contribution in [0.4, 0.5) is 0 Å². The fourth-order valence-electron chi connectivity index (χ4n) is 3.19. The number of nitrogens with one attached hydrogen (secondary N) is 1. The molecule has 2 nitrogen and oxygen atoms in total. The molecule has 0 aromatic carbocycles. The summed E-state index contributed by atoms with van der Waals surface area (Å²) in [7, 11) is 0. The maximum atomic E-state index is 3.54. The number of likely N-dealkylation sites (tertiary alicyclic amines) is 1. The number of piperidine rings is 1. The highest BCUT2D eigenvalue weighted by atomic mass is 79.9. The van der Waals surface area contributed by atoms with Crippen LogP contribution >= 0.6 is 39.7 Å². The smallest absolute Gasteiger partial charge is 0.0328 e. The molecule has 1 spiro atoms. The molecule has 2 aliphatic heterocycles. The normalized spacial score (nSPS) is 23.2. The van der Waals surface area contributed by atoms with Gasteiger partial charge in [0.15, 0.2) is 0 Å². The van der Waals surface area contributed by atoms with Crippen molar-refractivity contribution in [1.29, 1.82) is 0 Å². The molecule has 0 aliphatic carbocycles. The number of hydrogen-bond donors (Lipinski definition) is 1. The summed E-state index contributed by atoms with van der Waals surface area (Å²) in [6, 6.07) is 2.26. The van der Waals surface area contributed by atoms with Crippen LogP contribution in [0.5, 0.6) is 0 Å². The third-order valence-electron chi connectivity index (χ3n) is 4.18. The van der Waals surface area contributed by atoms with Crippen molar-refractivity contribution in [2.24, 2.45) is 5.41 Å². The Morgan fingerprint density at radius 1 is 1.33 bits per heavy atom. The average molecular weight is 352 g/mol. The highest BCUT2D eigenvalue weighted by molar-refractivity contribution is 9.10. The van der Waals surface area contributed by atoms with Gasteiger partial charge in [-0.3, -0.25) is 4.90 Å². The molecule has 1 aromatic rings. The van der Waals surface area contributed by atoms with Crippen molar-refractivity contribution >= 4 is 39.7 Å². The molecule has 2 fully saturated rings. The number of halogens is 2. The van der Waals surface area contributed by atoms with E-state index in [1.165, 1.54) is 54.8 Å². The van der Waals surface area contributed by atoms with Crippen LogP contribution in [0.2, 0.25) is 0 Å². The molecule has 1 aromatic heterocycles. The number of rotatable bonds is 2. The summed E-state index contributed by atoms with van der Waals surface area (Å²) in [6.07, 6.45) is 4.15. The minimum Gasteiger partial charge on any atom is -0.317 e. The Balaban J connectivity index is 0.00000120. The first-order valence-corrected chi connectivity index (χ1v) is 8.09. The Morgan fingerprint density at radius 3 is 2.78 bits per heavy atom. The fourth-order valence-corrected chi connectivity index (χ4v) is 4.68. The minimum absolute atomic E-state index is 0. The monoisotopic (exact) mass is 350 g/mol. The second kappa shape index (κ2) is 6.23. The lowest BCUT2D eigenvalue weighted by molar-refractivity contribution is 0.194. The molecule has 0 unspecified atom stereocenters. The number of thiophene rings is 1. The summed E-state index contributed by atoms with van der Waals surface area (Å²) in [5.41, 5.74) is 0.639. The second-order valence-corrected chi connectivity index (χ2v) is 7.35. The van der Waals surface area contributed by atoms with Crippen LogP contribution in [0.25, 0.3) is 0 Å². The third kappa shape index (κ3) is 3.28. The van der Waals surface area contributed by atoms with Gasteiger partial charge in [0.05, 0.1) is 0 Å². The molecule has 2 aliphatic rings. The van der Waals surface area contributed by atoms with E-state index in [0.29, 0.717) is 5.41 Å². The minimum atomic E-state index is 0. The van der Waals surface area contributed by atoms with Gasteiger partial charge in [-0.1, -0.05) is 0 Å². The first kappa shape index (κ1) is 14.8. The summed E-state index contributed by atoms with van der Waals surface area (Å²) in [5, 5.41) is 5.67. The highest BCUT2D eigenvalue weighted by Gasteiger charge is 2.38. The maximum absolute atomic E-state index is 3.54. The van der Waals surface area contributed by atoms with Crippen molar-refractivity contribution in [2.45, 2.75) is 25.8 Å². The zero-order valence-corrected chi connectivity index (χ0v) is 13.7. The highest BCUT2D eigenvalue weighted by Crippen LogP contribution is 2.39. The Morgan fingerprint density at radius 2 is 2.11 bits per heavy atom. The molecule has 3 heterocycles. The van der Waals surface area contributed by atoms with Gasteiger partial charge in [-0.05, 0) is 66.3 Å². The fraction of sp³-hybridized carbons (Fsp3) is 0.692. The number of nitrogens with zero attached hydrogens (tertiary/aromatic N) is 1. The van der Waals surface area contributed by atoms with E-state index in [4.69, 9.17) is 0 Å². The van der Waals surface area contributed by atoms with Gasteiger partial charge in [0.25, 0.3) is 0 Å². The van der Waals surface area contributed by atoms with Crippen LogP contribution in [-0.4, -0.2) is 31.1 Å². The van der Waals surface area contributed by atoms with E-state index in [1.54, 1.807) is 0 Å². The Kier molecular flexibility index (Phi) is 5.12. The quantitative estimate of drug-likeness (QED) is 0.877. The van der Waals surface area contributed by atoms with Gasteiger partial charge in [0.2, 0.25) is 0 Å². The molecule has 0 atom stereocenters. The zero-order chi connectivity index (χ0) is 11.7. The van der Waals surface area contributed by atoms with Gasteiger partial charge in [-0.15, -0.1) is 23.7 Å². The molecule has 0 radical (unpaired) electrons. The van der Waals surface area contributed by atoms with Gasteiger partial charge in [0, 0.05) is 27.8 Å². The van der Waals surface area contributed by atoms with Crippen molar-refractivity contribution < 1.29 is 0 Å². The van der Waals surface area contributed by atoms with Crippen LogP contribution < -0.4 is 5.32 Å². The summed E-state index contributed by atoms with van der Waals surface area (Å²) in [4.78, 5) is 4.13. The molecule has 1 N–H and O–H groups in total. The second-order valence-electron chi connectivity index (χ2n) is 5.44. The average Bonchev–Trinajstić information content (AvgIpc) is 2.89. The molecule has 0 amide bonds. The molecule has 18 heavy (non-hydrogen) atoms. The van der Waals surface area contributed by atoms with E-state index in [0.717, 1.165) is 6.54 Å². The van der Waals surface area contributed by atoms with Crippen molar-refractivity contribution in [1.82, 2.24) is 10.2 Å². The summed E-state index contributed by atoms with van der Waals surface area (Å²) < 4.78 is 1.23. The predicted molar refractivity (Wildman–Crippen MR) is 83.7 cm³/mol. The van der Waals surface area contributed by atoms with Crippen LogP contribution in [0, 0.1) is 5.41 Å². The molecular weight excluding hydrogens is 332 g/mol. The van der Waals surface area contributed by atoms with Gasteiger partial charge >= 0.3 is 0 Å². The molecule has 2 saturated heterocycles. The van der Waals surface area contributed by atoms with Crippen molar-refractivity contribution in [2.75, 3.05) is 26.2 Å². The molecular formula is C13H20BrClN2S. The standard InChI is InChI=1S/C13H19BrN2S.ClH/c14-11-7-12(17-9-11)8-16-6-3-13(10-16)1-4-15-5-2-13;/h7,9,15H,1-6,8,10H2;1H. The lowest BCUT2D eigenvalue weighted by Gasteiger charge is -2.33. The largest absolute Gasteiger partial charge is 0.317 e. The van der Waals surface area contributed by atoms with E-state index in [-0.39, 0.29) is 12.4 Å². The molecule has 0 saturated carbocycles. The first-order chi connectivity index (χ1) is 8.26. The van der Waals surface area contributed by atoms with Gasteiger partial charge in [-0.25, -0.2) is 0 Å². The summed E-state index contributed by atoms with van der Waals surface area (Å²) >= 11 is 5.41. The van der Waals surface area contributed by atoms with Crippen molar-refractivity contribution in [3.8, 4) is 0 Å². The lowest BCUT2D eigenvalue weighted by Crippen LogP contribution is -2.38. The SMILES string of the molecule is Brc1csc(CN2CCC3(CCNCC3)C2)c1.Cl. The third-order valence-corrected chi connectivity index (χ3v) is 5.87. The van der Waals surface area contributed by atoms with Crippen LogP contribution in [0.15, 0.2) is 15.9 Å². The first-order valence-electron chi connectivity index (χ1n) is 6.42. The van der Waals surface area contributed by atoms with Crippen LogP contribution in [0.3, 0.4) is 0 Å². The van der Waals surface area contributed by atoms with E-state index in [1.807, 2.05) is 11.3 Å². The topological polar surface area (TPSA) is 15.3 Å². The molecule has 0 bridgehead atoms. The summed E-state index contributed by atoms with van der Waals surface area (Å²) in [5.74, 6) is 0. The Labute approximate surface area is 128 Å². The zero-order valence-electron chi connectivity index (χ0n) is 10.5. The van der Waals surface area contributed by atoms with Gasteiger partial charge in [0.1, 0.15) is 0 Å². The summed E-state index contributed by atoms with van der Waals surface area (Å²) in [6.45, 7) is 6.18. The van der Waals surface area contributed by atoms with Gasteiger partial charge < -0.3 is 5.32 Å². The van der Waals surface area contributed by atoms with E-state index in [9.17, 15) is 0 Å². The van der Waals surface area contributed by atoms with Crippen molar-refractivity contribution in [3.63, 3.8) is 0 Å². The predicted octanol–water partition coefficient (Wildman–Crippen LogP) is 3.51. The van der Waals surface area contributed by atoms with Crippen LogP contribution in [0.1, 0.15) is 24.1 Å². The van der Waals surface area contributed by atoms with Crippen LogP contribution in [-0.2, 0) is 6.54 Å². The van der Waals surface area contributed by atoms with E-state index in [2.05, 4.69) is 37.6 Å². The van der Waals surface area contributed by atoms with Gasteiger partial charge in [-0.2, -0.15) is 0 Å².